The number of carboxylic acids is 1. The van der Waals surface area contributed by atoms with E-state index in [1.165, 1.54) is 19.2 Å². The smallest absolute Gasteiger partial charge is 0.335 e. The first kappa shape index (κ1) is 14.8. The van der Waals surface area contributed by atoms with Crippen molar-refractivity contribution in [2.24, 2.45) is 0 Å². The van der Waals surface area contributed by atoms with Crippen LogP contribution in [0.2, 0.25) is 0 Å². The molecule has 2 rings (SSSR count). The Bertz CT molecular complexity index is 638. The third-order valence-corrected chi connectivity index (χ3v) is 3.06. The van der Waals surface area contributed by atoms with E-state index in [1.807, 2.05) is 32.0 Å². The van der Waals surface area contributed by atoms with Gasteiger partial charge < -0.3 is 14.6 Å². The minimum Gasteiger partial charge on any atom is -0.493 e. The van der Waals surface area contributed by atoms with Gasteiger partial charge in [-0.3, -0.25) is 4.98 Å². The predicted molar refractivity (Wildman–Crippen MR) is 77.8 cm³/mol. The molecule has 110 valence electrons. The molecular weight excluding hydrogens is 270 g/mol. The summed E-state index contributed by atoms with van der Waals surface area (Å²) in [5.41, 5.74) is 0.168. The van der Waals surface area contributed by atoms with Gasteiger partial charge in [-0.25, -0.2) is 4.79 Å². The molecule has 2 aromatic rings. The average molecular weight is 287 g/mol. The number of hydrogen-bond acceptors (Lipinski definition) is 4. The van der Waals surface area contributed by atoms with E-state index in [4.69, 9.17) is 14.6 Å². The molecule has 1 aromatic heterocycles. The molecule has 0 bridgehead atoms. The Hall–Kier alpha value is -2.56. The normalized spacial score (nSPS) is 11.0. The Morgan fingerprint density at radius 1 is 1.19 bits per heavy atom. The van der Waals surface area contributed by atoms with E-state index < -0.39 is 11.6 Å². The number of carboxylic acid groups (broad SMARTS) is 1. The molecule has 21 heavy (non-hydrogen) atoms. The van der Waals surface area contributed by atoms with E-state index >= 15 is 0 Å². The number of aromatic carboxylic acids is 1. The van der Waals surface area contributed by atoms with Crippen LogP contribution in [-0.2, 0) is 5.60 Å². The molecule has 0 radical (unpaired) electrons. The number of aromatic nitrogens is 1. The maximum absolute atomic E-state index is 11.1. The lowest BCUT2D eigenvalue weighted by atomic mass is 10.0. The second-order valence-electron chi connectivity index (χ2n) is 5.00. The van der Waals surface area contributed by atoms with Gasteiger partial charge in [-0.2, -0.15) is 0 Å². The summed E-state index contributed by atoms with van der Waals surface area (Å²) in [7, 11) is 1.51. The number of benzene rings is 1. The lowest BCUT2D eigenvalue weighted by Crippen LogP contribution is -2.26. The van der Waals surface area contributed by atoms with Crippen molar-refractivity contribution < 1.29 is 19.4 Å². The van der Waals surface area contributed by atoms with E-state index in [2.05, 4.69) is 4.98 Å². The quantitative estimate of drug-likeness (QED) is 0.915. The Morgan fingerprint density at radius 2 is 1.95 bits per heavy atom. The first-order chi connectivity index (χ1) is 9.94. The summed E-state index contributed by atoms with van der Waals surface area (Å²) in [6.07, 6.45) is 1.69. The molecule has 0 aliphatic rings. The van der Waals surface area contributed by atoms with Crippen LogP contribution in [0.25, 0.3) is 0 Å². The Morgan fingerprint density at radius 3 is 2.52 bits per heavy atom. The summed E-state index contributed by atoms with van der Waals surface area (Å²) in [5.74, 6) is -0.171. The molecule has 5 nitrogen and oxygen atoms in total. The fraction of sp³-hybridized carbons (Fsp3) is 0.250. The molecule has 0 atom stereocenters. The van der Waals surface area contributed by atoms with Crippen LogP contribution in [-0.4, -0.2) is 23.2 Å². The number of methoxy groups -OCH3 is 1. The van der Waals surface area contributed by atoms with Gasteiger partial charge in [0, 0.05) is 6.20 Å². The highest BCUT2D eigenvalue weighted by Crippen LogP contribution is 2.34. The van der Waals surface area contributed by atoms with Gasteiger partial charge in [-0.1, -0.05) is 6.07 Å². The van der Waals surface area contributed by atoms with Crippen LogP contribution in [0.1, 0.15) is 29.9 Å². The summed E-state index contributed by atoms with van der Waals surface area (Å²) >= 11 is 0. The summed E-state index contributed by atoms with van der Waals surface area (Å²) in [5, 5.41) is 9.08. The van der Waals surface area contributed by atoms with E-state index in [-0.39, 0.29) is 5.56 Å². The van der Waals surface area contributed by atoms with Crippen molar-refractivity contribution in [3.05, 3.63) is 53.9 Å². The van der Waals surface area contributed by atoms with Gasteiger partial charge in [0.2, 0.25) is 0 Å². The fourth-order valence-electron chi connectivity index (χ4n) is 1.94. The Kier molecular flexibility index (Phi) is 4.12. The summed E-state index contributed by atoms with van der Waals surface area (Å²) < 4.78 is 11.2. The maximum Gasteiger partial charge on any atom is 0.335 e. The molecule has 0 aliphatic heterocycles. The SMILES string of the molecule is COc1ccc(C(=O)O)cc1OC(C)(C)c1ccccn1. The standard InChI is InChI=1S/C16H17NO4/c1-16(2,14-6-4-5-9-17-14)21-13-10-11(15(18)19)7-8-12(13)20-3/h4-10H,1-3H3,(H,18,19). The zero-order chi connectivity index (χ0) is 15.5. The highest BCUT2D eigenvalue weighted by Gasteiger charge is 2.26. The minimum atomic E-state index is -1.02. The number of pyridine rings is 1. The van der Waals surface area contributed by atoms with Gasteiger partial charge >= 0.3 is 5.97 Å². The van der Waals surface area contributed by atoms with Crippen molar-refractivity contribution in [2.75, 3.05) is 7.11 Å². The van der Waals surface area contributed by atoms with Crippen molar-refractivity contribution >= 4 is 5.97 Å². The molecule has 0 spiro atoms. The molecule has 0 saturated heterocycles. The second-order valence-corrected chi connectivity index (χ2v) is 5.00. The van der Waals surface area contributed by atoms with Gasteiger partial charge in [-0.15, -0.1) is 0 Å². The highest BCUT2D eigenvalue weighted by molar-refractivity contribution is 5.88. The maximum atomic E-state index is 11.1. The molecule has 0 amide bonds. The lowest BCUT2D eigenvalue weighted by molar-refractivity contribution is 0.0692. The molecule has 5 heteroatoms. The predicted octanol–water partition coefficient (Wildman–Crippen LogP) is 3.10. The van der Waals surface area contributed by atoms with Crippen LogP contribution in [0.3, 0.4) is 0 Å². The van der Waals surface area contributed by atoms with E-state index in [1.54, 1.807) is 12.3 Å². The zero-order valence-electron chi connectivity index (χ0n) is 12.2. The van der Waals surface area contributed by atoms with E-state index in [9.17, 15) is 4.79 Å². The first-order valence-electron chi connectivity index (χ1n) is 6.46. The number of rotatable bonds is 5. The monoisotopic (exact) mass is 287 g/mol. The molecule has 0 unspecified atom stereocenters. The van der Waals surface area contributed by atoms with E-state index in [0.717, 1.165) is 5.69 Å². The largest absolute Gasteiger partial charge is 0.493 e. The Labute approximate surface area is 123 Å². The second kappa shape index (κ2) is 5.83. The van der Waals surface area contributed by atoms with Crippen LogP contribution in [0.15, 0.2) is 42.6 Å². The molecular formula is C16H17NO4. The summed E-state index contributed by atoms with van der Waals surface area (Å²) in [6.45, 7) is 3.73. The van der Waals surface area contributed by atoms with Crippen molar-refractivity contribution in [2.45, 2.75) is 19.4 Å². The fourth-order valence-corrected chi connectivity index (χ4v) is 1.94. The van der Waals surface area contributed by atoms with Gasteiger partial charge in [0.15, 0.2) is 11.5 Å². The molecule has 1 N–H and O–H groups in total. The van der Waals surface area contributed by atoms with Crippen LogP contribution in [0, 0.1) is 0 Å². The zero-order valence-corrected chi connectivity index (χ0v) is 12.2. The first-order valence-corrected chi connectivity index (χ1v) is 6.46. The number of carbonyl (C=O) groups is 1. The Balaban J connectivity index is 2.37. The minimum absolute atomic E-state index is 0.141. The molecule has 1 heterocycles. The van der Waals surface area contributed by atoms with Crippen molar-refractivity contribution in [1.82, 2.24) is 4.98 Å². The third kappa shape index (κ3) is 3.31. The van der Waals surface area contributed by atoms with E-state index in [0.29, 0.717) is 11.5 Å². The molecule has 1 aromatic carbocycles. The van der Waals surface area contributed by atoms with Crippen LogP contribution in [0.5, 0.6) is 11.5 Å². The number of ether oxygens (including phenoxy) is 2. The summed E-state index contributed by atoms with van der Waals surface area (Å²) in [4.78, 5) is 15.4. The van der Waals surface area contributed by atoms with Gasteiger partial charge in [0.05, 0.1) is 18.4 Å². The van der Waals surface area contributed by atoms with Gasteiger partial charge in [-0.05, 0) is 44.2 Å². The molecule has 0 aliphatic carbocycles. The third-order valence-electron chi connectivity index (χ3n) is 3.06. The van der Waals surface area contributed by atoms with Crippen LogP contribution >= 0.6 is 0 Å². The number of hydrogen-bond donors (Lipinski definition) is 1. The van der Waals surface area contributed by atoms with Gasteiger partial charge in [0.25, 0.3) is 0 Å². The molecule has 0 fully saturated rings. The van der Waals surface area contributed by atoms with Crippen LogP contribution < -0.4 is 9.47 Å². The molecule has 0 saturated carbocycles. The van der Waals surface area contributed by atoms with Crippen LogP contribution in [0.4, 0.5) is 0 Å². The highest BCUT2D eigenvalue weighted by atomic mass is 16.5. The van der Waals surface area contributed by atoms with Crippen molar-refractivity contribution in [3.8, 4) is 11.5 Å². The average Bonchev–Trinajstić information content (AvgIpc) is 2.47. The van der Waals surface area contributed by atoms with Crippen molar-refractivity contribution in [1.29, 1.82) is 0 Å². The number of nitrogens with zero attached hydrogens (tertiary/aromatic N) is 1. The van der Waals surface area contributed by atoms with Crippen molar-refractivity contribution in [3.63, 3.8) is 0 Å². The summed E-state index contributed by atoms with van der Waals surface area (Å²) in [6, 6.07) is 10.1. The lowest BCUT2D eigenvalue weighted by Gasteiger charge is -2.27. The topological polar surface area (TPSA) is 68.7 Å². The van der Waals surface area contributed by atoms with Gasteiger partial charge in [0.1, 0.15) is 5.60 Å².